The number of sulfonamides is 1. The third-order valence-electron chi connectivity index (χ3n) is 2.42. The minimum absolute atomic E-state index is 0.0483. The van der Waals surface area contributed by atoms with Crippen molar-refractivity contribution in [1.82, 2.24) is 10.0 Å². The summed E-state index contributed by atoms with van der Waals surface area (Å²) in [7, 11) is -3.62. The Balaban J connectivity index is 2.50. The van der Waals surface area contributed by atoms with E-state index in [-0.39, 0.29) is 24.4 Å². The Morgan fingerprint density at radius 2 is 1.95 bits per heavy atom. The minimum Gasteiger partial charge on any atom is -0.494 e. The molecule has 1 aromatic rings. The first-order valence-electron chi connectivity index (χ1n) is 6.35. The van der Waals surface area contributed by atoms with Crippen LogP contribution >= 0.6 is 0 Å². The van der Waals surface area contributed by atoms with Gasteiger partial charge in [0.05, 0.1) is 17.6 Å². The first-order chi connectivity index (χ1) is 9.99. The zero-order valence-electron chi connectivity index (χ0n) is 11.6. The number of hydrogen-bond acceptors (Lipinski definition) is 5. The summed E-state index contributed by atoms with van der Waals surface area (Å²) in [6.07, 6.45) is -0.244. The molecule has 0 fully saturated rings. The van der Waals surface area contributed by atoms with Gasteiger partial charge < -0.3 is 10.1 Å². The van der Waals surface area contributed by atoms with Crippen molar-refractivity contribution >= 4 is 15.9 Å². The van der Waals surface area contributed by atoms with E-state index >= 15 is 0 Å². The fraction of sp³-hybridized carbons (Fsp3) is 0.385. The number of amides is 1. The predicted octanol–water partition coefficient (Wildman–Crippen LogP) is 0.393. The first kappa shape index (κ1) is 16.9. The van der Waals surface area contributed by atoms with Crippen LogP contribution in [0.3, 0.4) is 0 Å². The molecule has 0 aliphatic heterocycles. The molecule has 0 atom stereocenters. The molecule has 114 valence electrons. The Hall–Kier alpha value is -2.11. The first-order valence-corrected chi connectivity index (χ1v) is 7.84. The summed E-state index contributed by atoms with van der Waals surface area (Å²) < 4.78 is 31.5. The standard InChI is InChI=1S/C13H17N3O4S/c1-2-20-11-3-5-12(6-4-11)21(18,19)16-10-9-15-13(17)7-8-14/h3-6,16H,2,7,9-10H2,1H3,(H,15,17). The van der Waals surface area contributed by atoms with Gasteiger partial charge in [0, 0.05) is 13.1 Å². The van der Waals surface area contributed by atoms with Crippen molar-refractivity contribution in [2.45, 2.75) is 18.2 Å². The molecule has 0 heterocycles. The van der Waals surface area contributed by atoms with Crippen molar-refractivity contribution in [2.24, 2.45) is 0 Å². The maximum absolute atomic E-state index is 12.0. The van der Waals surface area contributed by atoms with Gasteiger partial charge in [-0.25, -0.2) is 13.1 Å². The van der Waals surface area contributed by atoms with Crippen LogP contribution in [0.5, 0.6) is 5.75 Å². The summed E-state index contributed by atoms with van der Waals surface area (Å²) in [6.45, 7) is 2.52. The fourth-order valence-electron chi connectivity index (χ4n) is 1.49. The number of nitrogens with one attached hydrogen (secondary N) is 2. The van der Waals surface area contributed by atoms with Crippen LogP contribution in [0.1, 0.15) is 13.3 Å². The number of nitrogens with zero attached hydrogens (tertiary/aromatic N) is 1. The van der Waals surface area contributed by atoms with Gasteiger partial charge in [-0.05, 0) is 31.2 Å². The van der Waals surface area contributed by atoms with Crippen molar-refractivity contribution in [3.05, 3.63) is 24.3 Å². The van der Waals surface area contributed by atoms with Crippen molar-refractivity contribution < 1.29 is 17.9 Å². The second kappa shape index (κ2) is 8.24. The van der Waals surface area contributed by atoms with Gasteiger partial charge in [-0.15, -0.1) is 0 Å². The van der Waals surface area contributed by atoms with Gasteiger partial charge in [0.2, 0.25) is 15.9 Å². The van der Waals surface area contributed by atoms with E-state index < -0.39 is 15.9 Å². The topological polar surface area (TPSA) is 108 Å². The summed E-state index contributed by atoms with van der Waals surface area (Å²) in [6, 6.07) is 7.75. The molecular formula is C13H17N3O4S. The largest absolute Gasteiger partial charge is 0.494 e. The maximum atomic E-state index is 12.0. The Bertz CT molecular complexity index is 605. The highest BCUT2D eigenvalue weighted by Crippen LogP contribution is 2.15. The Morgan fingerprint density at radius 1 is 1.29 bits per heavy atom. The van der Waals surface area contributed by atoms with Crippen LogP contribution in [0.2, 0.25) is 0 Å². The lowest BCUT2D eigenvalue weighted by molar-refractivity contribution is -0.120. The minimum atomic E-state index is -3.62. The highest BCUT2D eigenvalue weighted by atomic mass is 32.2. The van der Waals surface area contributed by atoms with Crippen LogP contribution < -0.4 is 14.8 Å². The molecule has 0 unspecified atom stereocenters. The molecule has 0 aromatic heterocycles. The van der Waals surface area contributed by atoms with Gasteiger partial charge in [0.1, 0.15) is 12.2 Å². The third-order valence-corrected chi connectivity index (χ3v) is 3.90. The Kier molecular flexibility index (Phi) is 6.65. The number of carbonyl (C=O) groups excluding carboxylic acids is 1. The molecule has 8 heteroatoms. The van der Waals surface area contributed by atoms with Gasteiger partial charge >= 0.3 is 0 Å². The van der Waals surface area contributed by atoms with E-state index in [0.29, 0.717) is 12.4 Å². The predicted molar refractivity (Wildman–Crippen MR) is 76.0 cm³/mol. The number of benzene rings is 1. The second-order valence-corrected chi connectivity index (χ2v) is 5.75. The van der Waals surface area contributed by atoms with Crippen LogP contribution in [0, 0.1) is 11.3 Å². The molecular weight excluding hydrogens is 294 g/mol. The van der Waals surface area contributed by atoms with Gasteiger partial charge in [0.15, 0.2) is 0 Å². The van der Waals surface area contributed by atoms with Crippen LogP contribution in [0.4, 0.5) is 0 Å². The smallest absolute Gasteiger partial charge is 0.240 e. The van der Waals surface area contributed by atoms with E-state index in [9.17, 15) is 13.2 Å². The molecule has 1 amide bonds. The zero-order valence-corrected chi connectivity index (χ0v) is 12.4. The normalized spacial score (nSPS) is 10.7. The maximum Gasteiger partial charge on any atom is 0.240 e. The van der Waals surface area contributed by atoms with Gasteiger partial charge in [-0.1, -0.05) is 0 Å². The average Bonchev–Trinajstić information content (AvgIpc) is 2.45. The number of hydrogen-bond donors (Lipinski definition) is 2. The van der Waals surface area contributed by atoms with Crippen molar-refractivity contribution in [2.75, 3.05) is 19.7 Å². The average molecular weight is 311 g/mol. The molecule has 1 aromatic carbocycles. The number of rotatable bonds is 8. The third kappa shape index (κ3) is 5.81. The molecule has 0 aliphatic carbocycles. The molecule has 0 saturated heterocycles. The van der Waals surface area contributed by atoms with E-state index in [0.717, 1.165) is 0 Å². The number of ether oxygens (including phenoxy) is 1. The van der Waals surface area contributed by atoms with E-state index in [2.05, 4.69) is 10.0 Å². The van der Waals surface area contributed by atoms with E-state index in [1.165, 1.54) is 12.1 Å². The molecule has 0 spiro atoms. The summed E-state index contributed by atoms with van der Waals surface area (Å²) in [5, 5.41) is 10.7. The van der Waals surface area contributed by atoms with Gasteiger partial charge in [0.25, 0.3) is 0 Å². The number of nitriles is 1. The van der Waals surface area contributed by atoms with E-state index in [4.69, 9.17) is 10.00 Å². The van der Waals surface area contributed by atoms with Crippen molar-refractivity contribution in [3.63, 3.8) is 0 Å². The summed E-state index contributed by atoms with van der Waals surface area (Å²) >= 11 is 0. The zero-order chi connectivity index (χ0) is 15.7. The quantitative estimate of drug-likeness (QED) is 0.675. The lowest BCUT2D eigenvalue weighted by Crippen LogP contribution is -2.34. The molecule has 2 N–H and O–H groups in total. The molecule has 0 radical (unpaired) electrons. The highest BCUT2D eigenvalue weighted by Gasteiger charge is 2.13. The van der Waals surface area contributed by atoms with E-state index in [1.807, 2.05) is 6.92 Å². The lowest BCUT2D eigenvalue weighted by Gasteiger charge is -2.08. The van der Waals surface area contributed by atoms with Crippen LogP contribution in [-0.2, 0) is 14.8 Å². The Morgan fingerprint density at radius 3 is 2.52 bits per heavy atom. The molecule has 1 rings (SSSR count). The monoisotopic (exact) mass is 311 g/mol. The summed E-state index contributed by atoms with van der Waals surface area (Å²) in [4.78, 5) is 11.1. The second-order valence-electron chi connectivity index (χ2n) is 3.99. The van der Waals surface area contributed by atoms with Crippen LogP contribution in [-0.4, -0.2) is 34.0 Å². The molecule has 0 saturated carbocycles. The van der Waals surface area contributed by atoms with Crippen molar-refractivity contribution in [1.29, 1.82) is 5.26 Å². The molecule has 21 heavy (non-hydrogen) atoms. The number of carbonyl (C=O) groups is 1. The fourth-order valence-corrected chi connectivity index (χ4v) is 2.52. The SMILES string of the molecule is CCOc1ccc(S(=O)(=O)NCCNC(=O)CC#N)cc1. The summed E-state index contributed by atoms with van der Waals surface area (Å²) in [5.74, 6) is 0.165. The lowest BCUT2D eigenvalue weighted by atomic mass is 10.3. The van der Waals surface area contributed by atoms with Gasteiger partial charge in [-0.3, -0.25) is 4.79 Å². The van der Waals surface area contributed by atoms with Crippen LogP contribution in [0.15, 0.2) is 29.2 Å². The molecule has 0 bridgehead atoms. The van der Waals surface area contributed by atoms with Crippen LogP contribution in [0.25, 0.3) is 0 Å². The highest BCUT2D eigenvalue weighted by molar-refractivity contribution is 7.89. The van der Waals surface area contributed by atoms with Crippen molar-refractivity contribution in [3.8, 4) is 11.8 Å². The molecule has 7 nitrogen and oxygen atoms in total. The summed E-state index contributed by atoms with van der Waals surface area (Å²) in [5.41, 5.74) is 0. The van der Waals surface area contributed by atoms with Gasteiger partial charge in [-0.2, -0.15) is 5.26 Å². The Labute approximate surface area is 124 Å². The van der Waals surface area contributed by atoms with E-state index in [1.54, 1.807) is 18.2 Å². The molecule has 0 aliphatic rings.